The van der Waals surface area contributed by atoms with Crippen LogP contribution in [0.3, 0.4) is 0 Å². The standard InChI is InChI=1S/C28H25N3O3/c1-3-4-18-34-27-22(8-7-9-24(27)33-2)15-16-23-26(21-13-11-20(19-29)12-14-21)28(32)31-17-6-5-10-25(31)30-23/h5-17H,3-4,18H2,1-2H3. The molecule has 0 aliphatic carbocycles. The highest BCUT2D eigenvalue weighted by atomic mass is 16.5. The SMILES string of the molecule is CCCCOc1c(C=Cc2nc3ccccn3c(=O)c2-c2ccc(C#N)cc2)cccc1OC. The van der Waals surface area contributed by atoms with Gasteiger partial charge in [-0.3, -0.25) is 9.20 Å². The van der Waals surface area contributed by atoms with Crippen LogP contribution in [0.4, 0.5) is 0 Å². The number of hydrogen-bond acceptors (Lipinski definition) is 5. The Balaban J connectivity index is 1.85. The topological polar surface area (TPSA) is 76.6 Å². The first-order chi connectivity index (χ1) is 16.7. The Morgan fingerprint density at radius 2 is 1.88 bits per heavy atom. The van der Waals surface area contributed by atoms with Crippen molar-refractivity contribution in [3.63, 3.8) is 0 Å². The van der Waals surface area contributed by atoms with Gasteiger partial charge in [0.1, 0.15) is 5.65 Å². The summed E-state index contributed by atoms with van der Waals surface area (Å²) < 4.78 is 13.1. The number of nitriles is 1. The van der Waals surface area contributed by atoms with E-state index in [-0.39, 0.29) is 5.56 Å². The molecule has 0 amide bonds. The third-order valence-electron chi connectivity index (χ3n) is 5.46. The van der Waals surface area contributed by atoms with Crippen molar-refractivity contribution < 1.29 is 9.47 Å². The summed E-state index contributed by atoms with van der Waals surface area (Å²) in [4.78, 5) is 18.2. The lowest BCUT2D eigenvalue weighted by Gasteiger charge is -2.13. The second-order valence-corrected chi connectivity index (χ2v) is 7.71. The van der Waals surface area contributed by atoms with Crippen LogP contribution >= 0.6 is 0 Å². The molecule has 2 heterocycles. The van der Waals surface area contributed by atoms with Crippen LogP contribution in [0.2, 0.25) is 0 Å². The van der Waals surface area contributed by atoms with Crippen LogP contribution in [0.15, 0.2) is 71.7 Å². The van der Waals surface area contributed by atoms with Crippen molar-refractivity contribution in [2.24, 2.45) is 0 Å². The van der Waals surface area contributed by atoms with Crippen LogP contribution in [-0.2, 0) is 0 Å². The Morgan fingerprint density at radius 3 is 2.62 bits per heavy atom. The van der Waals surface area contributed by atoms with Crippen molar-refractivity contribution in [1.82, 2.24) is 9.38 Å². The van der Waals surface area contributed by atoms with Gasteiger partial charge >= 0.3 is 0 Å². The fourth-order valence-electron chi connectivity index (χ4n) is 3.68. The summed E-state index contributed by atoms with van der Waals surface area (Å²) in [7, 11) is 1.62. The molecular formula is C28H25N3O3. The molecule has 2 aromatic carbocycles. The number of pyridine rings is 1. The van der Waals surface area contributed by atoms with Crippen LogP contribution in [0.1, 0.15) is 36.6 Å². The minimum Gasteiger partial charge on any atom is -0.493 e. The van der Waals surface area contributed by atoms with Gasteiger partial charge in [0.2, 0.25) is 0 Å². The molecule has 6 nitrogen and oxygen atoms in total. The van der Waals surface area contributed by atoms with E-state index in [9.17, 15) is 4.79 Å². The Hall–Kier alpha value is -4.37. The molecule has 0 saturated carbocycles. The number of methoxy groups -OCH3 is 1. The number of aromatic nitrogens is 2. The van der Waals surface area contributed by atoms with Crippen molar-refractivity contribution in [2.45, 2.75) is 19.8 Å². The van der Waals surface area contributed by atoms with Crippen molar-refractivity contribution >= 4 is 17.8 Å². The molecule has 0 unspecified atom stereocenters. The van der Waals surface area contributed by atoms with Gasteiger partial charge in [0.25, 0.3) is 5.56 Å². The fourth-order valence-corrected chi connectivity index (χ4v) is 3.68. The summed E-state index contributed by atoms with van der Waals surface area (Å²) in [6.07, 6.45) is 7.38. The van der Waals surface area contributed by atoms with E-state index in [1.807, 2.05) is 36.4 Å². The second kappa shape index (κ2) is 10.5. The Labute approximate surface area is 198 Å². The number of para-hydroxylation sites is 1. The summed E-state index contributed by atoms with van der Waals surface area (Å²) in [5, 5.41) is 9.14. The first-order valence-corrected chi connectivity index (χ1v) is 11.2. The third-order valence-corrected chi connectivity index (χ3v) is 5.46. The first kappa shape index (κ1) is 22.8. The molecule has 0 radical (unpaired) electrons. The molecule has 170 valence electrons. The van der Waals surface area contributed by atoms with Crippen molar-refractivity contribution in [3.05, 3.63) is 94.0 Å². The molecule has 0 aliphatic rings. The second-order valence-electron chi connectivity index (χ2n) is 7.71. The number of ether oxygens (including phenoxy) is 2. The Kier molecular flexibility index (Phi) is 7.04. The summed E-state index contributed by atoms with van der Waals surface area (Å²) in [5.41, 5.74) is 3.41. The molecule has 0 N–H and O–H groups in total. The normalized spacial score (nSPS) is 11.0. The van der Waals surface area contributed by atoms with Gasteiger partial charge in [-0.2, -0.15) is 5.26 Å². The predicted molar refractivity (Wildman–Crippen MR) is 134 cm³/mol. The molecule has 0 spiro atoms. The largest absolute Gasteiger partial charge is 0.493 e. The molecule has 4 aromatic rings. The molecule has 0 fully saturated rings. The molecule has 0 aliphatic heterocycles. The summed E-state index contributed by atoms with van der Waals surface area (Å²) in [6, 6.07) is 20.2. The zero-order valence-electron chi connectivity index (χ0n) is 19.2. The quantitative estimate of drug-likeness (QED) is 0.326. The molecule has 4 rings (SSSR count). The van der Waals surface area contributed by atoms with Crippen molar-refractivity contribution in [2.75, 3.05) is 13.7 Å². The van der Waals surface area contributed by atoms with Gasteiger partial charge in [-0.1, -0.05) is 43.7 Å². The summed E-state index contributed by atoms with van der Waals surface area (Å²) in [5.74, 6) is 1.31. The molecule has 6 heteroatoms. The van der Waals surface area contributed by atoms with E-state index in [2.05, 4.69) is 13.0 Å². The first-order valence-electron chi connectivity index (χ1n) is 11.2. The number of unbranched alkanes of at least 4 members (excludes halogenated alkanes) is 1. The maximum Gasteiger partial charge on any atom is 0.266 e. The molecule has 34 heavy (non-hydrogen) atoms. The number of benzene rings is 2. The van der Waals surface area contributed by atoms with Gasteiger partial charge in [0.05, 0.1) is 36.6 Å². The minimum absolute atomic E-state index is 0.181. The Morgan fingerprint density at radius 1 is 1.06 bits per heavy atom. The number of hydrogen-bond donors (Lipinski definition) is 0. The van der Waals surface area contributed by atoms with Gasteiger partial charge in [-0.25, -0.2) is 4.98 Å². The van der Waals surface area contributed by atoms with E-state index in [1.165, 1.54) is 4.40 Å². The van der Waals surface area contributed by atoms with E-state index < -0.39 is 0 Å². The maximum absolute atomic E-state index is 13.4. The van der Waals surface area contributed by atoms with E-state index in [0.29, 0.717) is 46.1 Å². The lowest BCUT2D eigenvalue weighted by molar-refractivity contribution is 0.287. The number of fused-ring (bicyclic) bond motifs is 1. The average molecular weight is 452 g/mol. The molecule has 0 bridgehead atoms. The predicted octanol–water partition coefficient (Wildman–Crippen LogP) is 5.59. The van der Waals surface area contributed by atoms with E-state index in [0.717, 1.165) is 18.4 Å². The van der Waals surface area contributed by atoms with Gasteiger partial charge in [0, 0.05) is 11.8 Å². The summed E-state index contributed by atoms with van der Waals surface area (Å²) in [6.45, 7) is 2.70. The zero-order chi connectivity index (χ0) is 23.9. The fraction of sp³-hybridized carbons (Fsp3) is 0.179. The highest BCUT2D eigenvalue weighted by molar-refractivity contribution is 5.81. The maximum atomic E-state index is 13.4. The van der Waals surface area contributed by atoms with Gasteiger partial charge in [-0.05, 0) is 54.5 Å². The number of nitrogens with zero attached hydrogens (tertiary/aromatic N) is 3. The molecule has 0 atom stereocenters. The van der Waals surface area contributed by atoms with Crippen LogP contribution in [0.5, 0.6) is 11.5 Å². The van der Waals surface area contributed by atoms with Crippen molar-refractivity contribution in [3.8, 4) is 28.7 Å². The highest BCUT2D eigenvalue weighted by Crippen LogP contribution is 2.33. The molecule has 2 aromatic heterocycles. The smallest absolute Gasteiger partial charge is 0.266 e. The number of rotatable bonds is 8. The lowest BCUT2D eigenvalue weighted by Crippen LogP contribution is -2.18. The minimum atomic E-state index is -0.181. The van der Waals surface area contributed by atoms with E-state index in [1.54, 1.807) is 49.7 Å². The monoisotopic (exact) mass is 451 g/mol. The highest BCUT2D eigenvalue weighted by Gasteiger charge is 2.14. The van der Waals surface area contributed by atoms with Gasteiger partial charge < -0.3 is 9.47 Å². The lowest BCUT2D eigenvalue weighted by atomic mass is 10.0. The average Bonchev–Trinajstić information content (AvgIpc) is 2.88. The zero-order valence-corrected chi connectivity index (χ0v) is 19.2. The van der Waals surface area contributed by atoms with Crippen LogP contribution < -0.4 is 15.0 Å². The van der Waals surface area contributed by atoms with Crippen molar-refractivity contribution in [1.29, 1.82) is 5.26 Å². The van der Waals surface area contributed by atoms with Crippen LogP contribution in [0.25, 0.3) is 28.9 Å². The van der Waals surface area contributed by atoms with E-state index in [4.69, 9.17) is 19.7 Å². The Bertz CT molecular complexity index is 1430. The third kappa shape index (κ3) is 4.69. The molecular weight excluding hydrogens is 426 g/mol. The van der Waals surface area contributed by atoms with Crippen LogP contribution in [-0.4, -0.2) is 23.1 Å². The molecule has 0 saturated heterocycles. The van der Waals surface area contributed by atoms with Crippen LogP contribution in [0, 0.1) is 11.3 Å². The van der Waals surface area contributed by atoms with Gasteiger partial charge in [0.15, 0.2) is 11.5 Å². The van der Waals surface area contributed by atoms with E-state index >= 15 is 0 Å². The summed E-state index contributed by atoms with van der Waals surface area (Å²) >= 11 is 0. The van der Waals surface area contributed by atoms with Gasteiger partial charge in [-0.15, -0.1) is 0 Å².